The van der Waals surface area contributed by atoms with Crippen LogP contribution in [0.3, 0.4) is 0 Å². The molecular formula is C22H23N5O. The molecule has 1 aromatic heterocycles. The zero-order valence-corrected chi connectivity index (χ0v) is 15.7. The van der Waals surface area contributed by atoms with Gasteiger partial charge < -0.3 is 10.2 Å². The molecule has 1 fully saturated rings. The van der Waals surface area contributed by atoms with Crippen molar-refractivity contribution in [3.8, 4) is 11.1 Å². The lowest BCUT2D eigenvalue weighted by atomic mass is 10.0. The number of carbonyl (C=O) groups is 1. The third-order valence-electron chi connectivity index (χ3n) is 4.90. The van der Waals surface area contributed by atoms with Gasteiger partial charge in [-0.2, -0.15) is 0 Å². The van der Waals surface area contributed by atoms with Gasteiger partial charge in [0.1, 0.15) is 5.82 Å². The highest BCUT2D eigenvalue weighted by molar-refractivity contribution is 5.96. The average molecular weight is 373 g/mol. The molecule has 1 N–H and O–H groups in total. The topological polar surface area (TPSA) is 61.4 Å². The summed E-state index contributed by atoms with van der Waals surface area (Å²) in [5.74, 6) is 0.903. The second kappa shape index (κ2) is 8.63. The van der Waals surface area contributed by atoms with Crippen molar-refractivity contribution in [3.63, 3.8) is 0 Å². The van der Waals surface area contributed by atoms with Gasteiger partial charge in [-0.25, -0.2) is 4.98 Å². The minimum absolute atomic E-state index is 0.0105. The fraction of sp³-hybridized carbons (Fsp3) is 0.227. The highest BCUT2D eigenvalue weighted by Gasteiger charge is 2.20. The van der Waals surface area contributed by atoms with Crippen molar-refractivity contribution in [1.29, 1.82) is 0 Å². The Kier molecular flexibility index (Phi) is 5.58. The van der Waals surface area contributed by atoms with Crippen molar-refractivity contribution in [3.05, 3.63) is 73.2 Å². The third-order valence-corrected chi connectivity index (χ3v) is 4.90. The van der Waals surface area contributed by atoms with Gasteiger partial charge in [-0.3, -0.25) is 14.7 Å². The zero-order chi connectivity index (χ0) is 19.2. The summed E-state index contributed by atoms with van der Waals surface area (Å²) in [7, 11) is 0. The monoisotopic (exact) mass is 373 g/mol. The van der Waals surface area contributed by atoms with Gasteiger partial charge in [0.25, 0.3) is 0 Å². The fourth-order valence-electron chi connectivity index (χ4n) is 3.44. The Labute approximate surface area is 164 Å². The molecule has 2 heterocycles. The number of amides is 1. The summed E-state index contributed by atoms with van der Waals surface area (Å²) in [6.07, 6.45) is 5.17. The van der Waals surface area contributed by atoms with Crippen LogP contribution in [0.5, 0.6) is 0 Å². The maximum absolute atomic E-state index is 12.6. The molecule has 1 aliphatic rings. The molecular weight excluding hydrogens is 350 g/mol. The normalized spacial score (nSPS) is 14.6. The lowest BCUT2D eigenvalue weighted by Gasteiger charge is -2.34. The van der Waals surface area contributed by atoms with Crippen LogP contribution in [-0.4, -0.2) is 53.5 Å². The number of nitrogens with zero attached hydrogens (tertiary/aromatic N) is 4. The largest absolute Gasteiger partial charge is 0.353 e. The molecule has 0 spiro atoms. The fourth-order valence-corrected chi connectivity index (χ4v) is 3.44. The van der Waals surface area contributed by atoms with Crippen LogP contribution in [0.2, 0.25) is 0 Å². The molecule has 4 rings (SSSR count). The lowest BCUT2D eigenvalue weighted by Crippen LogP contribution is -2.49. The summed E-state index contributed by atoms with van der Waals surface area (Å²) >= 11 is 0. The number of benzene rings is 2. The Morgan fingerprint density at radius 1 is 0.929 bits per heavy atom. The first-order valence-electron chi connectivity index (χ1n) is 9.47. The number of aromatic nitrogens is 2. The molecule has 3 aromatic rings. The van der Waals surface area contributed by atoms with E-state index in [1.165, 1.54) is 0 Å². The van der Waals surface area contributed by atoms with E-state index in [4.69, 9.17) is 0 Å². The first kappa shape index (κ1) is 18.1. The highest BCUT2D eigenvalue weighted by Crippen LogP contribution is 2.27. The van der Waals surface area contributed by atoms with Crippen molar-refractivity contribution in [2.24, 2.45) is 0 Å². The van der Waals surface area contributed by atoms with Gasteiger partial charge in [0.15, 0.2) is 0 Å². The molecule has 1 saturated heterocycles. The number of piperazine rings is 1. The number of para-hydroxylation sites is 1. The van der Waals surface area contributed by atoms with E-state index in [-0.39, 0.29) is 5.91 Å². The van der Waals surface area contributed by atoms with Crippen LogP contribution in [0.25, 0.3) is 11.1 Å². The maximum atomic E-state index is 12.6. The summed E-state index contributed by atoms with van der Waals surface area (Å²) in [6.45, 7) is 3.71. The summed E-state index contributed by atoms with van der Waals surface area (Å²) in [4.78, 5) is 25.5. The minimum atomic E-state index is 0.0105. The van der Waals surface area contributed by atoms with Gasteiger partial charge in [0, 0.05) is 49.8 Å². The van der Waals surface area contributed by atoms with E-state index in [9.17, 15) is 4.79 Å². The molecule has 0 aliphatic carbocycles. The van der Waals surface area contributed by atoms with Crippen molar-refractivity contribution in [1.82, 2.24) is 14.9 Å². The molecule has 0 atom stereocenters. The quantitative estimate of drug-likeness (QED) is 0.745. The number of rotatable bonds is 5. The Morgan fingerprint density at radius 3 is 2.43 bits per heavy atom. The van der Waals surface area contributed by atoms with Gasteiger partial charge in [-0.1, -0.05) is 48.5 Å². The molecule has 0 unspecified atom stereocenters. The molecule has 0 radical (unpaired) electrons. The van der Waals surface area contributed by atoms with E-state index in [1.807, 2.05) is 42.5 Å². The molecule has 0 bridgehead atoms. The predicted molar refractivity (Wildman–Crippen MR) is 111 cm³/mol. The molecule has 1 aliphatic heterocycles. The van der Waals surface area contributed by atoms with Gasteiger partial charge in [-0.05, 0) is 11.6 Å². The van der Waals surface area contributed by atoms with Crippen LogP contribution in [0.15, 0.2) is 73.2 Å². The maximum Gasteiger partial charge on any atom is 0.238 e. The van der Waals surface area contributed by atoms with Crippen molar-refractivity contribution in [2.45, 2.75) is 0 Å². The average Bonchev–Trinajstić information content (AvgIpc) is 2.76. The first-order chi connectivity index (χ1) is 13.8. The van der Waals surface area contributed by atoms with E-state index in [0.717, 1.165) is 48.8 Å². The number of carbonyl (C=O) groups excluding carboxylic acids is 1. The Morgan fingerprint density at radius 2 is 1.68 bits per heavy atom. The molecule has 6 nitrogen and oxygen atoms in total. The minimum Gasteiger partial charge on any atom is -0.353 e. The molecule has 1 amide bonds. The van der Waals surface area contributed by atoms with E-state index in [2.05, 4.69) is 37.2 Å². The van der Waals surface area contributed by atoms with Crippen LogP contribution in [0, 0.1) is 0 Å². The number of nitrogens with one attached hydrogen (secondary N) is 1. The van der Waals surface area contributed by atoms with Crippen LogP contribution in [0.1, 0.15) is 0 Å². The number of hydrogen-bond acceptors (Lipinski definition) is 5. The molecule has 2 aromatic carbocycles. The van der Waals surface area contributed by atoms with Gasteiger partial charge in [0.05, 0.1) is 12.7 Å². The Balaban J connectivity index is 1.35. The van der Waals surface area contributed by atoms with Gasteiger partial charge >= 0.3 is 0 Å². The van der Waals surface area contributed by atoms with E-state index < -0.39 is 0 Å². The van der Waals surface area contributed by atoms with Crippen LogP contribution in [-0.2, 0) is 4.79 Å². The Bertz CT molecular complexity index is 908. The zero-order valence-electron chi connectivity index (χ0n) is 15.7. The summed E-state index contributed by atoms with van der Waals surface area (Å²) in [5, 5.41) is 3.08. The number of hydrogen-bond donors (Lipinski definition) is 1. The molecule has 6 heteroatoms. The molecule has 142 valence electrons. The van der Waals surface area contributed by atoms with Gasteiger partial charge in [-0.15, -0.1) is 0 Å². The highest BCUT2D eigenvalue weighted by atomic mass is 16.2. The predicted octanol–water partition coefficient (Wildman–Crippen LogP) is 2.90. The summed E-state index contributed by atoms with van der Waals surface area (Å²) in [5.41, 5.74) is 2.97. The molecule has 28 heavy (non-hydrogen) atoms. The smallest absolute Gasteiger partial charge is 0.238 e. The second-order valence-electron chi connectivity index (χ2n) is 6.79. The first-order valence-corrected chi connectivity index (χ1v) is 9.47. The molecule has 0 saturated carbocycles. The van der Waals surface area contributed by atoms with Gasteiger partial charge in [0.2, 0.25) is 5.91 Å². The summed E-state index contributed by atoms with van der Waals surface area (Å²) in [6, 6.07) is 18.0. The SMILES string of the molecule is O=C(CN1CCN(c2cnccn2)CC1)Nc1ccccc1-c1ccccc1. The van der Waals surface area contributed by atoms with Crippen LogP contribution >= 0.6 is 0 Å². The van der Waals surface area contributed by atoms with Crippen molar-refractivity contribution >= 4 is 17.4 Å². The van der Waals surface area contributed by atoms with Crippen LogP contribution in [0.4, 0.5) is 11.5 Å². The third kappa shape index (κ3) is 4.35. The van der Waals surface area contributed by atoms with Crippen LogP contribution < -0.4 is 10.2 Å². The lowest BCUT2D eigenvalue weighted by molar-refractivity contribution is -0.117. The summed E-state index contributed by atoms with van der Waals surface area (Å²) < 4.78 is 0. The number of anilines is 2. The Hall–Kier alpha value is -3.25. The standard InChI is InChI=1S/C22H23N5O/c28-22(17-26-12-14-27(15-13-26)21-16-23-10-11-24-21)25-20-9-5-4-8-19(20)18-6-2-1-3-7-18/h1-11,16H,12-15,17H2,(H,25,28). The van der Waals surface area contributed by atoms with Crippen molar-refractivity contribution < 1.29 is 4.79 Å². The second-order valence-corrected chi connectivity index (χ2v) is 6.79. The van der Waals surface area contributed by atoms with Crippen molar-refractivity contribution in [2.75, 3.05) is 42.9 Å². The van der Waals surface area contributed by atoms with E-state index >= 15 is 0 Å². The van der Waals surface area contributed by atoms with E-state index in [1.54, 1.807) is 18.6 Å². The van der Waals surface area contributed by atoms with E-state index in [0.29, 0.717) is 6.54 Å².